The molecule has 2 unspecified atom stereocenters. The number of carbonyl (C=O) groups excluding carboxylic acids is 1. The van der Waals surface area contributed by atoms with Gasteiger partial charge in [0.25, 0.3) is 0 Å². The minimum Gasteiger partial charge on any atom is -0.490 e. The van der Waals surface area contributed by atoms with Gasteiger partial charge in [-0.15, -0.1) is 0 Å². The average molecular weight is 383 g/mol. The number of piperazine rings is 1. The number of hydrogen-bond donors (Lipinski definition) is 2. The normalized spacial score (nSPS) is 18.6. The van der Waals surface area contributed by atoms with Crippen LogP contribution in [0.4, 0.5) is 0 Å². The van der Waals surface area contributed by atoms with Crippen LogP contribution in [0.3, 0.4) is 0 Å². The molecule has 1 saturated heterocycles. The maximum Gasteiger partial charge on any atom is 0.163 e. The van der Waals surface area contributed by atoms with E-state index in [1.165, 1.54) is 23.6 Å². The molecule has 2 aromatic carbocycles. The fourth-order valence-corrected chi connectivity index (χ4v) is 3.66. The summed E-state index contributed by atoms with van der Waals surface area (Å²) in [6.07, 6.45) is -0.632. The van der Waals surface area contributed by atoms with Crippen LogP contribution in [0.15, 0.2) is 42.5 Å². The first-order chi connectivity index (χ1) is 13.5. The molecule has 1 aliphatic heterocycles. The Balaban J connectivity index is 1.64. The zero-order valence-corrected chi connectivity index (χ0v) is 16.9. The Labute approximate surface area is 167 Å². The lowest BCUT2D eigenvalue weighted by Gasteiger charge is -2.37. The first-order valence-electron chi connectivity index (χ1n) is 9.88. The summed E-state index contributed by atoms with van der Waals surface area (Å²) >= 11 is 0. The van der Waals surface area contributed by atoms with E-state index in [0.29, 0.717) is 17.9 Å². The highest BCUT2D eigenvalue weighted by molar-refractivity contribution is 5.96. The van der Waals surface area contributed by atoms with E-state index in [-0.39, 0.29) is 18.4 Å². The average Bonchev–Trinajstić information content (AvgIpc) is 2.69. The van der Waals surface area contributed by atoms with Gasteiger partial charge in [-0.1, -0.05) is 30.3 Å². The summed E-state index contributed by atoms with van der Waals surface area (Å²) in [7, 11) is 0. The van der Waals surface area contributed by atoms with Gasteiger partial charge in [-0.25, -0.2) is 0 Å². The fourth-order valence-electron chi connectivity index (χ4n) is 3.66. The quantitative estimate of drug-likeness (QED) is 0.721. The summed E-state index contributed by atoms with van der Waals surface area (Å²) in [4.78, 5) is 14.0. The van der Waals surface area contributed by atoms with E-state index in [9.17, 15) is 9.90 Å². The number of nitrogens with one attached hydrogen (secondary N) is 1. The summed E-state index contributed by atoms with van der Waals surface area (Å²) in [5.41, 5.74) is 4.39. The van der Waals surface area contributed by atoms with E-state index in [1.54, 1.807) is 12.1 Å². The Morgan fingerprint density at radius 3 is 2.79 bits per heavy atom. The Bertz CT molecular complexity index is 821. The Hall–Kier alpha value is -2.21. The van der Waals surface area contributed by atoms with Crippen molar-refractivity contribution in [2.24, 2.45) is 0 Å². The number of aliphatic hydroxyl groups excluding tert-OH is 1. The number of carbonyl (C=O) groups is 1. The van der Waals surface area contributed by atoms with Gasteiger partial charge in [0.1, 0.15) is 18.5 Å². The van der Waals surface area contributed by atoms with Gasteiger partial charge in [0.05, 0.1) is 5.56 Å². The number of aliphatic hydroxyl groups is 1. The molecule has 3 rings (SSSR count). The van der Waals surface area contributed by atoms with Gasteiger partial charge >= 0.3 is 0 Å². The molecule has 0 radical (unpaired) electrons. The Kier molecular flexibility index (Phi) is 6.83. The molecule has 5 nitrogen and oxygen atoms in total. The van der Waals surface area contributed by atoms with Crippen molar-refractivity contribution in [2.75, 3.05) is 32.8 Å². The second-order valence-electron chi connectivity index (χ2n) is 7.58. The summed E-state index contributed by atoms with van der Waals surface area (Å²) in [5, 5.41) is 14.0. The van der Waals surface area contributed by atoms with Gasteiger partial charge in [0.15, 0.2) is 5.78 Å². The van der Waals surface area contributed by atoms with Crippen molar-refractivity contribution in [3.05, 3.63) is 64.7 Å². The van der Waals surface area contributed by atoms with Gasteiger partial charge in [-0.3, -0.25) is 9.69 Å². The molecule has 28 heavy (non-hydrogen) atoms. The monoisotopic (exact) mass is 382 g/mol. The van der Waals surface area contributed by atoms with E-state index in [0.717, 1.165) is 19.6 Å². The number of rotatable bonds is 7. The predicted molar refractivity (Wildman–Crippen MR) is 111 cm³/mol. The number of nitrogens with zero attached hydrogens (tertiary/aromatic N) is 1. The van der Waals surface area contributed by atoms with Gasteiger partial charge in [-0.2, -0.15) is 0 Å². The number of ether oxygens (including phenoxy) is 1. The fraction of sp³-hybridized carbons (Fsp3) is 0.435. The highest BCUT2D eigenvalue weighted by atomic mass is 16.5. The molecular weight excluding hydrogens is 352 g/mol. The predicted octanol–water partition coefficient (Wildman–Crippen LogP) is 2.89. The molecule has 1 heterocycles. The zero-order valence-electron chi connectivity index (χ0n) is 16.9. The molecule has 5 heteroatoms. The lowest BCUT2D eigenvalue weighted by molar-refractivity contribution is 0.0433. The van der Waals surface area contributed by atoms with Gasteiger partial charge in [0.2, 0.25) is 0 Å². The number of aryl methyl sites for hydroxylation is 2. The highest BCUT2D eigenvalue weighted by Crippen LogP contribution is 2.25. The highest BCUT2D eigenvalue weighted by Gasteiger charge is 2.26. The first kappa shape index (κ1) is 20.5. The molecule has 2 N–H and O–H groups in total. The topological polar surface area (TPSA) is 61.8 Å². The smallest absolute Gasteiger partial charge is 0.163 e. The molecule has 0 bridgehead atoms. The van der Waals surface area contributed by atoms with Crippen molar-refractivity contribution in [2.45, 2.75) is 32.9 Å². The molecule has 0 aromatic heterocycles. The number of ketones is 1. The first-order valence-corrected chi connectivity index (χ1v) is 9.88. The van der Waals surface area contributed by atoms with Gasteiger partial charge in [-0.05, 0) is 49.6 Å². The number of benzene rings is 2. The van der Waals surface area contributed by atoms with Crippen LogP contribution in [0.2, 0.25) is 0 Å². The molecule has 1 aliphatic rings. The molecule has 0 amide bonds. The van der Waals surface area contributed by atoms with E-state index < -0.39 is 6.10 Å². The van der Waals surface area contributed by atoms with Crippen molar-refractivity contribution in [1.29, 1.82) is 0 Å². The van der Waals surface area contributed by atoms with Crippen LogP contribution in [0.1, 0.15) is 40.0 Å². The Morgan fingerprint density at radius 1 is 1.25 bits per heavy atom. The zero-order chi connectivity index (χ0) is 20.1. The molecule has 0 aliphatic carbocycles. The van der Waals surface area contributed by atoms with Crippen molar-refractivity contribution >= 4 is 5.78 Å². The third-order valence-corrected chi connectivity index (χ3v) is 5.41. The molecule has 0 saturated carbocycles. The summed E-state index contributed by atoms with van der Waals surface area (Å²) in [6, 6.07) is 14.0. The molecule has 2 aromatic rings. The summed E-state index contributed by atoms with van der Waals surface area (Å²) < 4.78 is 5.76. The van der Waals surface area contributed by atoms with Crippen molar-refractivity contribution in [3.63, 3.8) is 0 Å². The second-order valence-corrected chi connectivity index (χ2v) is 7.58. The second kappa shape index (κ2) is 9.32. The maximum absolute atomic E-state index is 11.7. The van der Waals surface area contributed by atoms with E-state index in [2.05, 4.69) is 42.3 Å². The van der Waals surface area contributed by atoms with Crippen LogP contribution in [0, 0.1) is 13.8 Å². The summed E-state index contributed by atoms with van der Waals surface area (Å²) in [5.74, 6) is 0.488. The van der Waals surface area contributed by atoms with E-state index >= 15 is 0 Å². The number of Topliss-reactive ketones (excluding diaryl/α,β-unsaturated/α-hetero) is 1. The van der Waals surface area contributed by atoms with Crippen LogP contribution in [-0.4, -0.2) is 54.7 Å². The van der Waals surface area contributed by atoms with Crippen LogP contribution in [-0.2, 0) is 0 Å². The van der Waals surface area contributed by atoms with E-state index in [1.807, 2.05) is 12.1 Å². The number of para-hydroxylation sites is 1. The van der Waals surface area contributed by atoms with Gasteiger partial charge in [0, 0.05) is 32.2 Å². The molecule has 0 spiro atoms. The lowest BCUT2D eigenvalue weighted by Crippen LogP contribution is -2.49. The SMILES string of the molecule is CC(=O)c1ccccc1OCC(O)CN1CCNCC1c1ccc(C)c(C)c1. The standard InChI is InChI=1S/C23H30N2O3/c1-16-8-9-19(12-17(16)2)22-13-24-10-11-25(22)14-20(27)15-28-23-7-5-4-6-21(23)18(3)26/h4-9,12,20,22,24,27H,10-11,13-15H2,1-3H3. The molecule has 150 valence electrons. The van der Waals surface area contributed by atoms with Crippen LogP contribution < -0.4 is 10.1 Å². The van der Waals surface area contributed by atoms with Crippen LogP contribution in [0.25, 0.3) is 0 Å². The largest absolute Gasteiger partial charge is 0.490 e. The Morgan fingerprint density at radius 2 is 2.04 bits per heavy atom. The number of hydrogen-bond acceptors (Lipinski definition) is 5. The maximum atomic E-state index is 11.7. The molecule has 2 atom stereocenters. The third kappa shape index (κ3) is 4.98. The molecular formula is C23H30N2O3. The molecule has 1 fully saturated rings. The van der Waals surface area contributed by atoms with E-state index in [4.69, 9.17) is 4.74 Å². The van der Waals surface area contributed by atoms with Crippen molar-refractivity contribution in [1.82, 2.24) is 10.2 Å². The lowest BCUT2D eigenvalue weighted by atomic mass is 9.98. The van der Waals surface area contributed by atoms with Gasteiger partial charge < -0.3 is 15.2 Å². The minimum atomic E-state index is -0.632. The number of β-amino-alcohol motifs (C(OH)–C–C–N with tert-alkyl or cyclic N) is 1. The summed E-state index contributed by atoms with van der Waals surface area (Å²) in [6.45, 7) is 9.11. The third-order valence-electron chi connectivity index (χ3n) is 5.41. The van der Waals surface area contributed by atoms with Crippen LogP contribution >= 0.6 is 0 Å². The van der Waals surface area contributed by atoms with Crippen LogP contribution in [0.5, 0.6) is 5.75 Å². The minimum absolute atomic E-state index is 0.0398. The van der Waals surface area contributed by atoms with Crippen molar-refractivity contribution in [3.8, 4) is 5.75 Å². The van der Waals surface area contributed by atoms with Crippen molar-refractivity contribution < 1.29 is 14.6 Å².